The second-order valence-corrected chi connectivity index (χ2v) is 4.70. The number of carbonyl (C=O) groups is 2. The van der Waals surface area contributed by atoms with Gasteiger partial charge in [-0.1, -0.05) is 26.0 Å². The minimum atomic E-state index is -0.841. The third-order valence-corrected chi connectivity index (χ3v) is 2.51. The van der Waals surface area contributed by atoms with Gasteiger partial charge in [-0.25, -0.2) is 0 Å². The zero-order chi connectivity index (χ0) is 13.5. The average Bonchev–Trinajstić information content (AvgIpc) is 2.35. The van der Waals surface area contributed by atoms with Crippen molar-refractivity contribution in [3.8, 4) is 0 Å². The van der Waals surface area contributed by atoms with E-state index in [4.69, 9.17) is 5.11 Å². The molecule has 0 aliphatic rings. The van der Waals surface area contributed by atoms with E-state index in [9.17, 15) is 9.59 Å². The molecule has 0 radical (unpaired) electrons. The molecule has 0 bridgehead atoms. The van der Waals surface area contributed by atoms with Crippen LogP contribution in [-0.4, -0.2) is 29.9 Å². The van der Waals surface area contributed by atoms with Crippen LogP contribution in [0, 0.1) is 5.92 Å². The average molecular weight is 249 g/mol. The Morgan fingerprint density at radius 2 is 2.17 bits per heavy atom. The van der Waals surface area contributed by atoms with Gasteiger partial charge in [-0.05, 0) is 30.0 Å². The number of carbonyl (C=O) groups excluding carboxylic acids is 2. The second-order valence-electron chi connectivity index (χ2n) is 4.70. The van der Waals surface area contributed by atoms with Crippen LogP contribution in [0.3, 0.4) is 0 Å². The summed E-state index contributed by atoms with van der Waals surface area (Å²) in [5.41, 5.74) is 1.60. The first-order chi connectivity index (χ1) is 8.56. The first kappa shape index (κ1) is 14.4. The highest BCUT2D eigenvalue weighted by Gasteiger charge is 2.12. The quantitative estimate of drug-likeness (QED) is 0.744. The van der Waals surface area contributed by atoms with E-state index in [1.54, 1.807) is 6.07 Å². The van der Waals surface area contributed by atoms with E-state index in [0.29, 0.717) is 17.8 Å². The smallest absolute Gasteiger partial charge is 0.251 e. The van der Waals surface area contributed by atoms with E-state index in [1.165, 1.54) is 0 Å². The standard InChI is InChI=1S/C14H19NO3/c1-10(2)6-11-4-3-5-12(7-11)14(18)15-13(8-16)9-17/h3-5,7-8,10,13,17H,6,9H2,1-2H3,(H,15,18)/t13-/m1/s1. The molecule has 1 amide bonds. The monoisotopic (exact) mass is 249 g/mol. The maximum atomic E-state index is 11.8. The summed E-state index contributed by atoms with van der Waals surface area (Å²) in [5, 5.41) is 11.3. The molecule has 0 heterocycles. The van der Waals surface area contributed by atoms with Crippen LogP contribution < -0.4 is 5.32 Å². The lowest BCUT2D eigenvalue weighted by atomic mass is 10.0. The summed E-state index contributed by atoms with van der Waals surface area (Å²) in [6.45, 7) is 3.84. The number of hydrogen-bond donors (Lipinski definition) is 2. The molecule has 0 aliphatic carbocycles. The largest absolute Gasteiger partial charge is 0.394 e. The van der Waals surface area contributed by atoms with Crippen molar-refractivity contribution >= 4 is 12.2 Å². The van der Waals surface area contributed by atoms with Crippen molar-refractivity contribution in [2.75, 3.05) is 6.61 Å². The normalized spacial score (nSPS) is 12.2. The highest BCUT2D eigenvalue weighted by Crippen LogP contribution is 2.10. The molecule has 1 aromatic rings. The van der Waals surface area contributed by atoms with Crippen molar-refractivity contribution in [1.29, 1.82) is 0 Å². The molecule has 0 fully saturated rings. The maximum absolute atomic E-state index is 11.8. The highest BCUT2D eigenvalue weighted by molar-refractivity contribution is 5.95. The Bertz CT molecular complexity index is 415. The van der Waals surface area contributed by atoms with Gasteiger partial charge in [0, 0.05) is 5.56 Å². The minimum Gasteiger partial charge on any atom is -0.394 e. The molecule has 1 rings (SSSR count). The van der Waals surface area contributed by atoms with Crippen LogP contribution in [0.5, 0.6) is 0 Å². The lowest BCUT2D eigenvalue weighted by Crippen LogP contribution is -2.38. The van der Waals surface area contributed by atoms with E-state index in [2.05, 4.69) is 19.2 Å². The number of rotatable bonds is 6. The molecule has 4 heteroatoms. The van der Waals surface area contributed by atoms with E-state index in [-0.39, 0.29) is 12.5 Å². The Hall–Kier alpha value is -1.68. The molecule has 0 spiro atoms. The molecular weight excluding hydrogens is 230 g/mol. The molecule has 98 valence electrons. The molecule has 18 heavy (non-hydrogen) atoms. The zero-order valence-electron chi connectivity index (χ0n) is 10.7. The summed E-state index contributed by atoms with van der Waals surface area (Å²) in [6, 6.07) is 6.46. The summed E-state index contributed by atoms with van der Waals surface area (Å²) in [6.07, 6.45) is 1.42. The van der Waals surface area contributed by atoms with E-state index < -0.39 is 6.04 Å². The zero-order valence-corrected chi connectivity index (χ0v) is 10.7. The summed E-state index contributed by atoms with van der Waals surface area (Å²) in [4.78, 5) is 22.4. The summed E-state index contributed by atoms with van der Waals surface area (Å²) >= 11 is 0. The van der Waals surface area contributed by atoms with Gasteiger partial charge in [0.15, 0.2) is 0 Å². The number of amides is 1. The Morgan fingerprint density at radius 3 is 2.72 bits per heavy atom. The van der Waals surface area contributed by atoms with Crippen molar-refractivity contribution in [1.82, 2.24) is 5.32 Å². The fraction of sp³-hybridized carbons (Fsp3) is 0.429. The number of aliphatic hydroxyl groups is 1. The van der Waals surface area contributed by atoms with Gasteiger partial charge in [-0.15, -0.1) is 0 Å². The molecule has 1 aromatic carbocycles. The minimum absolute atomic E-state index is 0.341. The fourth-order valence-electron chi connectivity index (χ4n) is 1.69. The number of aliphatic hydroxyl groups excluding tert-OH is 1. The predicted molar refractivity (Wildman–Crippen MR) is 69.4 cm³/mol. The Kier molecular flexibility index (Phi) is 5.52. The molecule has 4 nitrogen and oxygen atoms in total. The van der Waals surface area contributed by atoms with Gasteiger partial charge in [-0.3, -0.25) is 4.79 Å². The van der Waals surface area contributed by atoms with Crippen LogP contribution in [0.25, 0.3) is 0 Å². The van der Waals surface area contributed by atoms with Crippen LogP contribution in [-0.2, 0) is 11.2 Å². The fourth-order valence-corrected chi connectivity index (χ4v) is 1.69. The van der Waals surface area contributed by atoms with Crippen LogP contribution in [0.2, 0.25) is 0 Å². The Labute approximate surface area is 107 Å². The van der Waals surface area contributed by atoms with E-state index in [0.717, 1.165) is 12.0 Å². The van der Waals surface area contributed by atoms with Crippen LogP contribution in [0.15, 0.2) is 24.3 Å². The first-order valence-corrected chi connectivity index (χ1v) is 6.02. The first-order valence-electron chi connectivity index (χ1n) is 6.02. The van der Waals surface area contributed by atoms with E-state index in [1.807, 2.05) is 18.2 Å². The van der Waals surface area contributed by atoms with Gasteiger partial charge in [-0.2, -0.15) is 0 Å². The summed E-state index contributed by atoms with van der Waals surface area (Å²) in [5.74, 6) is 0.176. The molecular formula is C14H19NO3. The number of hydrogen-bond acceptors (Lipinski definition) is 3. The molecule has 0 unspecified atom stereocenters. The third kappa shape index (κ3) is 4.30. The van der Waals surface area contributed by atoms with Crippen molar-refractivity contribution in [3.05, 3.63) is 35.4 Å². The summed E-state index contributed by atoms with van der Waals surface area (Å²) < 4.78 is 0. The summed E-state index contributed by atoms with van der Waals surface area (Å²) in [7, 11) is 0. The van der Waals surface area contributed by atoms with E-state index >= 15 is 0 Å². The van der Waals surface area contributed by atoms with Crippen molar-refractivity contribution in [3.63, 3.8) is 0 Å². The lowest BCUT2D eigenvalue weighted by molar-refractivity contribution is -0.110. The number of benzene rings is 1. The SMILES string of the molecule is CC(C)Cc1cccc(C(=O)N[C@H](C=O)CO)c1. The highest BCUT2D eigenvalue weighted by atomic mass is 16.3. The number of nitrogens with one attached hydrogen (secondary N) is 1. The topological polar surface area (TPSA) is 66.4 Å². The molecule has 1 atom stereocenters. The Balaban J connectivity index is 2.76. The van der Waals surface area contributed by atoms with Crippen molar-refractivity contribution < 1.29 is 14.7 Å². The van der Waals surface area contributed by atoms with Gasteiger partial charge in [0.1, 0.15) is 12.3 Å². The lowest BCUT2D eigenvalue weighted by Gasteiger charge is -2.11. The van der Waals surface area contributed by atoms with Crippen LogP contribution in [0.1, 0.15) is 29.8 Å². The predicted octanol–water partition coefficient (Wildman–Crippen LogP) is 1.17. The second kappa shape index (κ2) is 6.91. The van der Waals surface area contributed by atoms with Crippen molar-refractivity contribution in [2.45, 2.75) is 26.3 Å². The number of aldehydes is 1. The molecule has 0 saturated heterocycles. The van der Waals surface area contributed by atoms with Gasteiger partial charge in [0.25, 0.3) is 5.91 Å². The molecule has 0 aromatic heterocycles. The van der Waals surface area contributed by atoms with Gasteiger partial charge < -0.3 is 15.2 Å². The maximum Gasteiger partial charge on any atom is 0.251 e. The van der Waals surface area contributed by atoms with Crippen LogP contribution in [0.4, 0.5) is 0 Å². The van der Waals surface area contributed by atoms with Gasteiger partial charge in [0.2, 0.25) is 0 Å². The molecule has 0 aliphatic heterocycles. The van der Waals surface area contributed by atoms with Gasteiger partial charge in [0.05, 0.1) is 6.61 Å². The van der Waals surface area contributed by atoms with Gasteiger partial charge >= 0.3 is 0 Å². The van der Waals surface area contributed by atoms with Crippen molar-refractivity contribution in [2.24, 2.45) is 5.92 Å². The van der Waals surface area contributed by atoms with Crippen LogP contribution >= 0.6 is 0 Å². The molecule has 2 N–H and O–H groups in total. The molecule has 0 saturated carbocycles. The third-order valence-electron chi connectivity index (χ3n) is 2.51. The Morgan fingerprint density at radius 1 is 1.44 bits per heavy atom.